The summed E-state index contributed by atoms with van der Waals surface area (Å²) in [6.07, 6.45) is 0. The Bertz CT molecular complexity index is 3390. The Morgan fingerprint density at radius 2 is 1.16 bits per heavy atom. The van der Waals surface area contributed by atoms with E-state index in [1.807, 2.05) is 47.7 Å². The summed E-state index contributed by atoms with van der Waals surface area (Å²) in [4.78, 5) is 7.24. The first-order valence-electron chi connectivity index (χ1n) is 19.3. The van der Waals surface area contributed by atoms with Crippen LogP contribution in [-0.4, -0.2) is 4.98 Å². The quantitative estimate of drug-likeness (QED) is 0.176. The van der Waals surface area contributed by atoms with Crippen LogP contribution in [0.5, 0.6) is 0 Å². The summed E-state index contributed by atoms with van der Waals surface area (Å²) in [5.41, 5.74) is 15.0. The molecule has 0 spiro atoms. The second-order valence-electron chi connectivity index (χ2n) is 15.6. The lowest BCUT2D eigenvalue weighted by atomic mass is 9.82. The van der Waals surface area contributed by atoms with Gasteiger partial charge in [0.05, 0.1) is 0 Å². The second kappa shape index (κ2) is 12.0. The molecule has 1 aliphatic rings. The summed E-state index contributed by atoms with van der Waals surface area (Å²) in [6, 6.07) is 60.9. The summed E-state index contributed by atoms with van der Waals surface area (Å²) in [7, 11) is 0. The van der Waals surface area contributed by atoms with Crippen LogP contribution in [0.15, 0.2) is 179 Å². The number of hydrogen-bond donors (Lipinski definition) is 0. The van der Waals surface area contributed by atoms with Crippen molar-refractivity contribution in [2.75, 3.05) is 4.90 Å². The fourth-order valence-corrected chi connectivity index (χ4v) is 10.1. The minimum Gasteiger partial charge on any atom is -0.456 e. The first-order chi connectivity index (χ1) is 28.0. The van der Waals surface area contributed by atoms with Crippen LogP contribution in [0.1, 0.15) is 25.0 Å². The number of benzene rings is 8. The van der Waals surface area contributed by atoms with Gasteiger partial charge in [0, 0.05) is 65.1 Å². The lowest BCUT2D eigenvalue weighted by molar-refractivity contribution is 0.617. The van der Waals surface area contributed by atoms with Crippen molar-refractivity contribution < 1.29 is 8.83 Å². The molecule has 0 saturated heterocycles. The van der Waals surface area contributed by atoms with Crippen LogP contribution in [0, 0.1) is 0 Å². The SMILES string of the molecule is CC1(C)c2ccccc2-c2ccc(N(c3ccc(-c4ccc5oc6cc7oc(-c8ccccc8)nc7cc6c5c4)cc3)c3ccc4sc5ccccc5c4c3)cc21. The van der Waals surface area contributed by atoms with E-state index in [0.717, 1.165) is 61.2 Å². The molecule has 8 aromatic carbocycles. The average Bonchev–Trinajstić information content (AvgIpc) is 4.00. The molecule has 0 fully saturated rings. The highest BCUT2D eigenvalue weighted by molar-refractivity contribution is 7.25. The number of furan rings is 1. The molecule has 5 heteroatoms. The smallest absolute Gasteiger partial charge is 0.227 e. The third-order valence-corrected chi connectivity index (χ3v) is 13.1. The molecule has 12 rings (SSSR count). The molecule has 3 aromatic heterocycles. The number of fused-ring (bicyclic) bond motifs is 10. The number of oxazole rings is 1. The first kappa shape index (κ1) is 32.3. The van der Waals surface area contributed by atoms with E-state index in [4.69, 9.17) is 13.8 Å². The normalized spacial score (nSPS) is 13.2. The maximum atomic E-state index is 6.34. The molecule has 1 aliphatic carbocycles. The standard InChI is InChI=1S/C52H34N2O2S/c1-52(2)43-14-8-6-12-37(43)38-23-21-36(28-44(38)52)54(35-22-25-50-42(27-35)39-13-7-9-15-49(39)57-50)34-19-16-31(17-20-34)33-18-24-46-40(26-33)41-29-45-48(30-47(41)55-46)56-51(53-45)32-10-4-3-5-11-32/h3-30H,1-2H3. The molecule has 0 N–H and O–H groups in total. The molecule has 0 unspecified atom stereocenters. The monoisotopic (exact) mass is 750 g/mol. The molecular formula is C52H34N2O2S. The van der Waals surface area contributed by atoms with E-state index >= 15 is 0 Å². The van der Waals surface area contributed by atoms with Crippen LogP contribution >= 0.6 is 11.3 Å². The van der Waals surface area contributed by atoms with Crippen molar-refractivity contribution in [3.8, 4) is 33.7 Å². The summed E-state index contributed by atoms with van der Waals surface area (Å²) in [5.74, 6) is 0.606. The number of rotatable bonds is 5. The number of thiophene rings is 1. The number of hydrogen-bond acceptors (Lipinski definition) is 5. The molecular weight excluding hydrogens is 717 g/mol. The zero-order valence-corrected chi connectivity index (χ0v) is 32.1. The number of nitrogens with zero attached hydrogens (tertiary/aromatic N) is 2. The zero-order valence-electron chi connectivity index (χ0n) is 31.3. The third-order valence-electron chi connectivity index (χ3n) is 11.9. The number of anilines is 3. The largest absolute Gasteiger partial charge is 0.456 e. The molecule has 0 aliphatic heterocycles. The van der Waals surface area contributed by atoms with Gasteiger partial charge in [0.25, 0.3) is 0 Å². The summed E-state index contributed by atoms with van der Waals surface area (Å²) >= 11 is 1.85. The van der Waals surface area contributed by atoms with Crippen LogP contribution in [0.25, 0.3) is 86.9 Å². The Balaban J connectivity index is 0.962. The third kappa shape index (κ3) is 4.95. The predicted molar refractivity (Wildman–Crippen MR) is 237 cm³/mol. The van der Waals surface area contributed by atoms with Crippen LogP contribution in [0.3, 0.4) is 0 Å². The summed E-state index contributed by atoms with van der Waals surface area (Å²) in [5, 5.41) is 4.65. The highest BCUT2D eigenvalue weighted by Gasteiger charge is 2.35. The zero-order chi connectivity index (χ0) is 37.8. The average molecular weight is 751 g/mol. The van der Waals surface area contributed by atoms with Crippen molar-refractivity contribution in [3.63, 3.8) is 0 Å². The van der Waals surface area contributed by atoms with E-state index in [-0.39, 0.29) is 5.41 Å². The maximum absolute atomic E-state index is 6.34. The predicted octanol–water partition coefficient (Wildman–Crippen LogP) is 15.2. The molecule has 4 nitrogen and oxygen atoms in total. The molecule has 270 valence electrons. The van der Waals surface area contributed by atoms with Crippen molar-refractivity contribution in [3.05, 3.63) is 181 Å². The van der Waals surface area contributed by atoms with Crippen molar-refractivity contribution in [1.29, 1.82) is 0 Å². The van der Waals surface area contributed by atoms with Gasteiger partial charge in [-0.15, -0.1) is 11.3 Å². The van der Waals surface area contributed by atoms with Gasteiger partial charge in [-0.3, -0.25) is 0 Å². The van der Waals surface area contributed by atoms with Crippen molar-refractivity contribution in [2.45, 2.75) is 19.3 Å². The molecule has 0 bridgehead atoms. The van der Waals surface area contributed by atoms with Crippen molar-refractivity contribution >= 4 is 81.6 Å². The first-order valence-corrected chi connectivity index (χ1v) is 20.2. The van der Waals surface area contributed by atoms with Gasteiger partial charge >= 0.3 is 0 Å². The fraction of sp³-hybridized carbons (Fsp3) is 0.0577. The Morgan fingerprint density at radius 3 is 2.05 bits per heavy atom. The van der Waals surface area contributed by atoms with E-state index in [2.05, 4.69) is 152 Å². The molecule has 0 radical (unpaired) electrons. The van der Waals surface area contributed by atoms with Crippen molar-refractivity contribution in [1.82, 2.24) is 4.98 Å². The van der Waals surface area contributed by atoms with E-state index in [0.29, 0.717) is 11.5 Å². The number of aromatic nitrogens is 1. The summed E-state index contributed by atoms with van der Waals surface area (Å²) < 4.78 is 15.1. The highest BCUT2D eigenvalue weighted by Crippen LogP contribution is 2.51. The lowest BCUT2D eigenvalue weighted by Gasteiger charge is -2.28. The van der Waals surface area contributed by atoms with E-state index in [1.54, 1.807) is 0 Å². The minimum absolute atomic E-state index is 0.107. The van der Waals surface area contributed by atoms with Gasteiger partial charge in [0.15, 0.2) is 5.58 Å². The molecule has 11 aromatic rings. The Labute approximate surface area is 332 Å². The van der Waals surface area contributed by atoms with Crippen LogP contribution in [-0.2, 0) is 5.41 Å². The van der Waals surface area contributed by atoms with E-state index in [1.165, 1.54) is 42.4 Å². The second-order valence-corrected chi connectivity index (χ2v) is 16.7. The summed E-state index contributed by atoms with van der Waals surface area (Å²) in [6.45, 7) is 4.70. The molecule has 57 heavy (non-hydrogen) atoms. The van der Waals surface area contributed by atoms with Crippen molar-refractivity contribution in [2.24, 2.45) is 0 Å². The van der Waals surface area contributed by atoms with Gasteiger partial charge in [-0.2, -0.15) is 0 Å². The Morgan fingerprint density at radius 1 is 0.456 bits per heavy atom. The fourth-order valence-electron chi connectivity index (χ4n) is 9.02. The van der Waals surface area contributed by atoms with Gasteiger partial charge in [-0.1, -0.05) is 98.8 Å². The minimum atomic E-state index is -0.107. The molecule has 0 amide bonds. The Kier molecular flexibility index (Phi) is 6.82. The van der Waals surface area contributed by atoms with Gasteiger partial charge in [0.2, 0.25) is 5.89 Å². The lowest BCUT2D eigenvalue weighted by Crippen LogP contribution is -2.16. The van der Waals surface area contributed by atoms with Gasteiger partial charge < -0.3 is 13.7 Å². The van der Waals surface area contributed by atoms with Crippen LogP contribution < -0.4 is 4.90 Å². The topological polar surface area (TPSA) is 42.4 Å². The van der Waals surface area contributed by atoms with Crippen LogP contribution in [0.4, 0.5) is 17.1 Å². The van der Waals surface area contributed by atoms with Gasteiger partial charge in [-0.05, 0) is 112 Å². The van der Waals surface area contributed by atoms with Gasteiger partial charge in [-0.25, -0.2) is 4.98 Å². The molecule has 0 atom stereocenters. The molecule has 0 saturated carbocycles. The highest BCUT2D eigenvalue weighted by atomic mass is 32.1. The van der Waals surface area contributed by atoms with Crippen LogP contribution in [0.2, 0.25) is 0 Å². The van der Waals surface area contributed by atoms with Gasteiger partial charge in [0.1, 0.15) is 16.7 Å². The Hall–Kier alpha value is -6.95. The van der Waals surface area contributed by atoms with E-state index < -0.39 is 0 Å². The van der Waals surface area contributed by atoms with E-state index in [9.17, 15) is 0 Å². The molecule has 3 heterocycles. The maximum Gasteiger partial charge on any atom is 0.227 e.